The molecule has 2 aliphatic rings. The zero-order valence-corrected chi connectivity index (χ0v) is 13.8. The molecule has 0 spiro atoms. The maximum atomic E-state index is 9.04. The van der Waals surface area contributed by atoms with Gasteiger partial charge in [0.05, 0.1) is 25.5 Å². The normalized spacial score (nSPS) is 24.7. The molecule has 0 radical (unpaired) electrons. The molecule has 0 amide bonds. The predicted molar refractivity (Wildman–Crippen MR) is 92.0 cm³/mol. The summed E-state index contributed by atoms with van der Waals surface area (Å²) in [6.07, 6.45) is 1.12. The lowest BCUT2D eigenvalue weighted by Gasteiger charge is -2.16. The van der Waals surface area contributed by atoms with Crippen LogP contribution in [0.5, 0.6) is 5.88 Å². The van der Waals surface area contributed by atoms with Gasteiger partial charge < -0.3 is 20.3 Å². The van der Waals surface area contributed by atoms with Crippen LogP contribution in [0.1, 0.15) is 17.7 Å². The maximum Gasteiger partial charge on any atom is 0.214 e. The van der Waals surface area contributed by atoms with Crippen molar-refractivity contribution in [1.29, 1.82) is 0 Å². The second-order valence-corrected chi connectivity index (χ2v) is 6.80. The molecular formula is C19H22N2O3. The summed E-state index contributed by atoms with van der Waals surface area (Å²) in [5.41, 5.74) is 11.1. The van der Waals surface area contributed by atoms with Gasteiger partial charge in [0.2, 0.25) is 5.88 Å². The lowest BCUT2D eigenvalue weighted by molar-refractivity contribution is 0.159. The standard InChI is InChI=1S/C19H22N2O3/c1-12-2-3-15(20)8-16(12)13-6-17(19-9-14(19)10-23-11-19)21-18(7-13)24-5-4-22/h2-3,6-8,14,22H,4-5,9-11,20H2,1H3/t14-,19-/m1/s1. The zero-order valence-electron chi connectivity index (χ0n) is 13.8. The summed E-state index contributed by atoms with van der Waals surface area (Å²) < 4.78 is 11.3. The Kier molecular flexibility index (Phi) is 3.70. The third-order valence-corrected chi connectivity index (χ3v) is 5.14. The fourth-order valence-electron chi connectivity index (χ4n) is 3.64. The van der Waals surface area contributed by atoms with E-state index in [9.17, 15) is 0 Å². The SMILES string of the molecule is Cc1ccc(N)cc1-c1cc(OCCO)nc([C@]23COC[C@H]2C3)c1. The lowest BCUT2D eigenvalue weighted by Crippen LogP contribution is -2.15. The van der Waals surface area contributed by atoms with E-state index in [1.165, 1.54) is 0 Å². The monoisotopic (exact) mass is 326 g/mol. The molecule has 2 heterocycles. The highest BCUT2D eigenvalue weighted by Gasteiger charge is 2.60. The molecule has 5 nitrogen and oxygen atoms in total. The van der Waals surface area contributed by atoms with Gasteiger partial charge in [-0.15, -0.1) is 0 Å². The Bertz CT molecular complexity index is 777. The Morgan fingerprint density at radius 1 is 1.38 bits per heavy atom. The average Bonchev–Trinajstić information content (AvgIpc) is 3.16. The van der Waals surface area contributed by atoms with Gasteiger partial charge in [-0.2, -0.15) is 0 Å². The van der Waals surface area contributed by atoms with Crippen molar-refractivity contribution in [1.82, 2.24) is 4.98 Å². The molecule has 4 rings (SSSR count). The molecular weight excluding hydrogens is 304 g/mol. The smallest absolute Gasteiger partial charge is 0.214 e. The number of nitrogen functional groups attached to an aromatic ring is 1. The maximum absolute atomic E-state index is 9.04. The minimum absolute atomic E-state index is 0.0323. The number of ether oxygens (including phenoxy) is 2. The van der Waals surface area contributed by atoms with Gasteiger partial charge in [-0.05, 0) is 54.2 Å². The second-order valence-electron chi connectivity index (χ2n) is 6.80. The molecule has 1 aliphatic carbocycles. The molecule has 2 atom stereocenters. The van der Waals surface area contributed by atoms with Crippen molar-refractivity contribution in [2.24, 2.45) is 5.92 Å². The Balaban J connectivity index is 1.79. The fraction of sp³-hybridized carbons (Fsp3) is 0.421. The molecule has 0 bridgehead atoms. The Morgan fingerprint density at radius 3 is 2.96 bits per heavy atom. The van der Waals surface area contributed by atoms with Gasteiger partial charge in [0.1, 0.15) is 6.61 Å². The van der Waals surface area contributed by atoms with E-state index < -0.39 is 0 Å². The van der Waals surface area contributed by atoms with E-state index in [0.717, 1.165) is 47.7 Å². The third kappa shape index (κ3) is 2.54. The van der Waals surface area contributed by atoms with E-state index in [1.807, 2.05) is 24.3 Å². The van der Waals surface area contributed by atoms with Crippen LogP contribution in [-0.2, 0) is 10.2 Å². The minimum Gasteiger partial charge on any atom is -0.475 e. The van der Waals surface area contributed by atoms with E-state index in [1.54, 1.807) is 0 Å². The number of aliphatic hydroxyl groups is 1. The number of nitrogens with two attached hydrogens (primary N) is 1. The number of aliphatic hydroxyl groups excluding tert-OH is 1. The van der Waals surface area contributed by atoms with Crippen LogP contribution in [0.2, 0.25) is 0 Å². The van der Waals surface area contributed by atoms with E-state index in [0.29, 0.717) is 11.8 Å². The van der Waals surface area contributed by atoms with E-state index in [2.05, 4.69) is 13.0 Å². The molecule has 1 aliphatic heterocycles. The highest BCUT2D eigenvalue weighted by Crippen LogP contribution is 2.58. The Hall–Kier alpha value is -2.11. The van der Waals surface area contributed by atoms with Crippen LogP contribution in [0, 0.1) is 12.8 Å². The van der Waals surface area contributed by atoms with Crippen LogP contribution in [0.25, 0.3) is 11.1 Å². The molecule has 5 heteroatoms. The van der Waals surface area contributed by atoms with Crippen LogP contribution >= 0.6 is 0 Å². The number of anilines is 1. The molecule has 1 aromatic carbocycles. The first kappa shape index (κ1) is 15.4. The van der Waals surface area contributed by atoms with Gasteiger partial charge in [0, 0.05) is 17.2 Å². The third-order valence-electron chi connectivity index (χ3n) is 5.14. The van der Waals surface area contributed by atoms with Crippen molar-refractivity contribution >= 4 is 5.69 Å². The number of fused-ring (bicyclic) bond motifs is 1. The fourth-order valence-corrected chi connectivity index (χ4v) is 3.64. The number of benzene rings is 1. The lowest BCUT2D eigenvalue weighted by atomic mass is 9.95. The van der Waals surface area contributed by atoms with Crippen LogP contribution < -0.4 is 10.5 Å². The van der Waals surface area contributed by atoms with Gasteiger partial charge in [0.15, 0.2) is 0 Å². The van der Waals surface area contributed by atoms with Crippen molar-refractivity contribution in [2.45, 2.75) is 18.8 Å². The van der Waals surface area contributed by atoms with Crippen LogP contribution in [0.4, 0.5) is 5.69 Å². The molecule has 1 aromatic heterocycles. The Labute approximate surface area is 141 Å². The summed E-state index contributed by atoms with van der Waals surface area (Å²) in [6.45, 7) is 3.81. The first-order valence-electron chi connectivity index (χ1n) is 8.33. The number of aryl methyl sites for hydroxylation is 1. The summed E-state index contributed by atoms with van der Waals surface area (Å²) in [4.78, 5) is 4.70. The molecule has 24 heavy (non-hydrogen) atoms. The topological polar surface area (TPSA) is 77.6 Å². The van der Waals surface area contributed by atoms with Gasteiger partial charge in [-0.1, -0.05) is 6.07 Å². The van der Waals surface area contributed by atoms with Gasteiger partial charge in [0.25, 0.3) is 0 Å². The van der Waals surface area contributed by atoms with Crippen LogP contribution in [0.3, 0.4) is 0 Å². The van der Waals surface area contributed by atoms with E-state index in [4.69, 9.17) is 25.3 Å². The number of hydrogen-bond donors (Lipinski definition) is 2. The molecule has 1 saturated carbocycles. The number of pyridine rings is 1. The number of rotatable bonds is 5. The minimum atomic E-state index is -0.0323. The first-order chi connectivity index (χ1) is 11.6. The molecule has 2 aromatic rings. The summed E-state index contributed by atoms with van der Waals surface area (Å²) in [6, 6.07) is 9.98. The number of aromatic nitrogens is 1. The first-order valence-corrected chi connectivity index (χ1v) is 8.33. The molecule has 0 unspecified atom stereocenters. The van der Waals surface area contributed by atoms with Crippen molar-refractivity contribution in [2.75, 3.05) is 32.2 Å². The molecule has 1 saturated heterocycles. The van der Waals surface area contributed by atoms with Gasteiger partial charge in [-0.25, -0.2) is 4.98 Å². The summed E-state index contributed by atoms with van der Waals surface area (Å²) >= 11 is 0. The average molecular weight is 326 g/mol. The van der Waals surface area contributed by atoms with Crippen molar-refractivity contribution in [3.63, 3.8) is 0 Å². The van der Waals surface area contributed by atoms with Crippen LogP contribution in [-0.4, -0.2) is 36.5 Å². The van der Waals surface area contributed by atoms with Crippen molar-refractivity contribution < 1.29 is 14.6 Å². The quantitative estimate of drug-likeness (QED) is 0.825. The van der Waals surface area contributed by atoms with Crippen molar-refractivity contribution in [3.8, 4) is 17.0 Å². The molecule has 3 N–H and O–H groups in total. The largest absolute Gasteiger partial charge is 0.475 e. The van der Waals surface area contributed by atoms with E-state index >= 15 is 0 Å². The van der Waals surface area contributed by atoms with Crippen LogP contribution in [0.15, 0.2) is 30.3 Å². The summed E-state index contributed by atoms with van der Waals surface area (Å²) in [7, 11) is 0. The molecule has 2 fully saturated rings. The summed E-state index contributed by atoms with van der Waals surface area (Å²) in [5.74, 6) is 1.11. The molecule has 126 valence electrons. The number of nitrogens with zero attached hydrogens (tertiary/aromatic N) is 1. The summed E-state index contributed by atoms with van der Waals surface area (Å²) in [5, 5.41) is 9.04. The highest BCUT2D eigenvalue weighted by atomic mass is 16.5. The predicted octanol–water partition coefficient (Wildman–Crippen LogP) is 2.30. The van der Waals surface area contributed by atoms with Crippen molar-refractivity contribution in [3.05, 3.63) is 41.6 Å². The van der Waals surface area contributed by atoms with Gasteiger partial charge in [-0.3, -0.25) is 0 Å². The highest BCUT2D eigenvalue weighted by molar-refractivity contribution is 5.72. The Morgan fingerprint density at radius 2 is 2.25 bits per heavy atom. The zero-order chi connectivity index (χ0) is 16.7. The van der Waals surface area contributed by atoms with Gasteiger partial charge >= 0.3 is 0 Å². The second kappa shape index (κ2) is 5.76. The number of hydrogen-bond acceptors (Lipinski definition) is 5. The van der Waals surface area contributed by atoms with E-state index in [-0.39, 0.29) is 18.6 Å².